The summed E-state index contributed by atoms with van der Waals surface area (Å²) in [5, 5.41) is 11.6. The maximum atomic E-state index is 11.0. The van der Waals surface area contributed by atoms with E-state index in [0.29, 0.717) is 10.6 Å². The summed E-state index contributed by atoms with van der Waals surface area (Å²) in [5.74, 6) is 0. The normalized spacial score (nSPS) is 10.3. The highest BCUT2D eigenvalue weighted by Gasteiger charge is 2.22. The SMILES string of the molecule is CSc1[nH]cc(-c2ccccc2)c1[N+](=O)[O-]. The summed E-state index contributed by atoms with van der Waals surface area (Å²) >= 11 is 1.34. The molecule has 2 rings (SSSR count). The molecular weight excluding hydrogens is 224 g/mol. The summed E-state index contributed by atoms with van der Waals surface area (Å²) in [6.45, 7) is 0. The Morgan fingerprint density at radius 2 is 2.00 bits per heavy atom. The Balaban J connectivity index is 2.58. The standard InChI is InChI=1S/C11H10N2O2S/c1-16-11-10(13(14)15)9(7-12-11)8-5-3-2-4-6-8/h2-7,12H,1H3. The van der Waals surface area contributed by atoms with Crippen LogP contribution in [0.1, 0.15) is 0 Å². The van der Waals surface area contributed by atoms with Gasteiger partial charge in [-0.15, -0.1) is 11.8 Å². The van der Waals surface area contributed by atoms with Crippen molar-refractivity contribution in [2.75, 3.05) is 6.26 Å². The Bertz CT molecular complexity index is 508. The maximum Gasteiger partial charge on any atom is 0.308 e. The molecule has 0 spiro atoms. The van der Waals surface area contributed by atoms with E-state index in [1.165, 1.54) is 11.8 Å². The van der Waals surface area contributed by atoms with Crippen molar-refractivity contribution in [1.82, 2.24) is 4.98 Å². The highest BCUT2D eigenvalue weighted by Crippen LogP contribution is 2.36. The molecule has 0 amide bonds. The molecule has 5 heteroatoms. The van der Waals surface area contributed by atoms with Gasteiger partial charge in [-0.3, -0.25) is 10.1 Å². The molecule has 16 heavy (non-hydrogen) atoms. The predicted molar refractivity (Wildman–Crippen MR) is 64.7 cm³/mol. The van der Waals surface area contributed by atoms with Gasteiger partial charge in [-0.1, -0.05) is 30.3 Å². The lowest BCUT2D eigenvalue weighted by molar-refractivity contribution is -0.387. The third-order valence-corrected chi connectivity index (χ3v) is 3.01. The molecule has 1 heterocycles. The van der Waals surface area contributed by atoms with Gasteiger partial charge in [0.05, 0.1) is 10.5 Å². The van der Waals surface area contributed by atoms with E-state index < -0.39 is 0 Å². The second-order valence-electron chi connectivity index (χ2n) is 3.21. The fraction of sp³-hybridized carbons (Fsp3) is 0.0909. The van der Waals surface area contributed by atoms with Crippen molar-refractivity contribution in [2.24, 2.45) is 0 Å². The third-order valence-electron chi connectivity index (χ3n) is 2.29. The molecule has 0 fully saturated rings. The number of hydrogen-bond acceptors (Lipinski definition) is 3. The molecule has 0 aliphatic carbocycles. The first-order valence-corrected chi connectivity index (χ1v) is 5.91. The van der Waals surface area contributed by atoms with Gasteiger partial charge in [0.1, 0.15) is 0 Å². The largest absolute Gasteiger partial charge is 0.350 e. The average Bonchev–Trinajstić information content (AvgIpc) is 2.73. The lowest BCUT2D eigenvalue weighted by Crippen LogP contribution is -1.90. The molecule has 0 aliphatic rings. The second kappa shape index (κ2) is 4.40. The minimum atomic E-state index is -0.343. The summed E-state index contributed by atoms with van der Waals surface area (Å²) in [7, 11) is 0. The number of nitrogens with one attached hydrogen (secondary N) is 1. The zero-order valence-corrected chi connectivity index (χ0v) is 9.45. The van der Waals surface area contributed by atoms with E-state index in [9.17, 15) is 10.1 Å². The molecule has 0 aliphatic heterocycles. The van der Waals surface area contributed by atoms with Gasteiger partial charge in [-0.25, -0.2) is 0 Å². The van der Waals surface area contributed by atoms with Gasteiger partial charge in [-0.05, 0) is 11.8 Å². The van der Waals surface area contributed by atoms with Crippen LogP contribution in [-0.4, -0.2) is 16.2 Å². The Morgan fingerprint density at radius 1 is 1.31 bits per heavy atom. The highest BCUT2D eigenvalue weighted by atomic mass is 32.2. The van der Waals surface area contributed by atoms with Crippen LogP contribution >= 0.6 is 11.8 Å². The second-order valence-corrected chi connectivity index (χ2v) is 4.02. The molecule has 2 aromatic rings. The van der Waals surface area contributed by atoms with Gasteiger partial charge in [-0.2, -0.15) is 0 Å². The van der Waals surface area contributed by atoms with Crippen LogP contribution < -0.4 is 0 Å². The Labute approximate surface area is 96.8 Å². The Kier molecular flexibility index (Phi) is 2.96. The summed E-state index contributed by atoms with van der Waals surface area (Å²) in [6, 6.07) is 9.34. The van der Waals surface area contributed by atoms with Crippen molar-refractivity contribution in [2.45, 2.75) is 5.03 Å². The number of nitro groups is 1. The number of thioether (sulfide) groups is 1. The summed E-state index contributed by atoms with van der Waals surface area (Å²) in [6.07, 6.45) is 3.49. The van der Waals surface area contributed by atoms with Crippen molar-refractivity contribution in [3.63, 3.8) is 0 Å². The van der Waals surface area contributed by atoms with Crippen LogP contribution in [0.3, 0.4) is 0 Å². The molecule has 1 N–H and O–H groups in total. The molecular formula is C11H10N2O2S. The molecule has 1 aromatic carbocycles. The van der Waals surface area contributed by atoms with Crippen LogP contribution in [0.15, 0.2) is 41.6 Å². The number of nitrogens with zero attached hydrogens (tertiary/aromatic N) is 1. The Hall–Kier alpha value is -1.75. The zero-order valence-electron chi connectivity index (χ0n) is 8.64. The van der Waals surface area contributed by atoms with E-state index in [0.717, 1.165) is 5.56 Å². The molecule has 0 bridgehead atoms. The molecule has 0 radical (unpaired) electrons. The minimum absolute atomic E-state index is 0.152. The van der Waals surface area contributed by atoms with Crippen molar-refractivity contribution >= 4 is 17.4 Å². The van der Waals surface area contributed by atoms with E-state index in [1.54, 1.807) is 6.20 Å². The number of H-pyrrole nitrogens is 1. The van der Waals surface area contributed by atoms with E-state index in [-0.39, 0.29) is 10.6 Å². The van der Waals surface area contributed by atoms with Gasteiger partial charge in [0, 0.05) is 6.20 Å². The predicted octanol–water partition coefficient (Wildman–Crippen LogP) is 3.31. The number of hydrogen-bond donors (Lipinski definition) is 1. The van der Waals surface area contributed by atoms with E-state index in [1.807, 2.05) is 36.6 Å². The smallest absolute Gasteiger partial charge is 0.308 e. The Morgan fingerprint density at radius 3 is 2.56 bits per heavy atom. The third kappa shape index (κ3) is 1.81. The monoisotopic (exact) mass is 234 g/mol. The maximum absolute atomic E-state index is 11.0. The van der Waals surface area contributed by atoms with E-state index in [2.05, 4.69) is 4.98 Å². The molecule has 4 nitrogen and oxygen atoms in total. The quantitative estimate of drug-likeness (QED) is 0.503. The van der Waals surface area contributed by atoms with Crippen molar-refractivity contribution < 1.29 is 4.92 Å². The minimum Gasteiger partial charge on any atom is -0.350 e. The van der Waals surface area contributed by atoms with E-state index in [4.69, 9.17) is 0 Å². The summed E-state index contributed by atoms with van der Waals surface area (Å²) in [4.78, 5) is 13.6. The number of rotatable bonds is 3. The van der Waals surface area contributed by atoms with E-state index >= 15 is 0 Å². The van der Waals surface area contributed by atoms with Gasteiger partial charge in [0.2, 0.25) is 0 Å². The van der Waals surface area contributed by atoms with Gasteiger partial charge >= 0.3 is 5.69 Å². The number of aromatic nitrogens is 1. The fourth-order valence-electron chi connectivity index (χ4n) is 1.57. The number of aromatic amines is 1. The highest BCUT2D eigenvalue weighted by molar-refractivity contribution is 7.98. The molecule has 0 atom stereocenters. The van der Waals surface area contributed by atoms with Crippen LogP contribution in [0.4, 0.5) is 5.69 Å². The topological polar surface area (TPSA) is 58.9 Å². The zero-order chi connectivity index (χ0) is 11.5. The van der Waals surface area contributed by atoms with Crippen molar-refractivity contribution in [1.29, 1.82) is 0 Å². The van der Waals surface area contributed by atoms with Gasteiger partial charge < -0.3 is 4.98 Å². The van der Waals surface area contributed by atoms with Crippen LogP contribution in [0.2, 0.25) is 0 Å². The first-order chi connectivity index (χ1) is 7.74. The molecule has 0 saturated heterocycles. The summed E-state index contributed by atoms with van der Waals surface area (Å²) < 4.78 is 0. The van der Waals surface area contributed by atoms with Crippen molar-refractivity contribution in [3.8, 4) is 11.1 Å². The van der Waals surface area contributed by atoms with Gasteiger partial charge in [0.15, 0.2) is 5.03 Å². The fourth-order valence-corrected chi connectivity index (χ4v) is 2.13. The molecule has 82 valence electrons. The van der Waals surface area contributed by atoms with Crippen LogP contribution in [0.25, 0.3) is 11.1 Å². The van der Waals surface area contributed by atoms with Crippen LogP contribution in [-0.2, 0) is 0 Å². The molecule has 0 saturated carbocycles. The average molecular weight is 234 g/mol. The van der Waals surface area contributed by atoms with Crippen molar-refractivity contribution in [3.05, 3.63) is 46.6 Å². The lowest BCUT2D eigenvalue weighted by Gasteiger charge is -1.97. The first-order valence-electron chi connectivity index (χ1n) is 4.69. The summed E-state index contributed by atoms with van der Waals surface area (Å²) in [5.41, 5.74) is 1.64. The molecule has 1 aromatic heterocycles. The van der Waals surface area contributed by atoms with Gasteiger partial charge in [0.25, 0.3) is 0 Å². The molecule has 0 unspecified atom stereocenters. The van der Waals surface area contributed by atoms with Crippen LogP contribution in [0.5, 0.6) is 0 Å². The lowest BCUT2D eigenvalue weighted by atomic mass is 10.1. The number of benzene rings is 1. The van der Waals surface area contributed by atoms with Crippen LogP contribution in [0, 0.1) is 10.1 Å². The first kappa shape index (κ1) is 10.8.